The molecule has 20 heavy (non-hydrogen) atoms. The first-order valence-electron chi connectivity index (χ1n) is 6.93. The first kappa shape index (κ1) is 14.2. The van der Waals surface area contributed by atoms with Crippen LogP contribution in [0.1, 0.15) is 26.7 Å². The number of hydrogen-bond donors (Lipinski definition) is 0. The zero-order chi connectivity index (χ0) is 14.6. The molecule has 1 aromatic carbocycles. The highest BCUT2D eigenvalue weighted by molar-refractivity contribution is 5.59. The average Bonchev–Trinajstić information content (AvgIpc) is 2.47. The van der Waals surface area contributed by atoms with Crippen LogP contribution in [0, 0.1) is 28.1 Å². The van der Waals surface area contributed by atoms with Gasteiger partial charge in [-0.2, -0.15) is 10.5 Å². The summed E-state index contributed by atoms with van der Waals surface area (Å²) in [6.45, 7) is 5.42. The van der Waals surface area contributed by atoms with Crippen LogP contribution < -0.4 is 9.64 Å². The normalized spacial score (nSPS) is 17.4. The van der Waals surface area contributed by atoms with Gasteiger partial charge >= 0.3 is 0 Å². The molecule has 0 amide bonds. The molecule has 0 N–H and O–H groups in total. The van der Waals surface area contributed by atoms with Gasteiger partial charge in [-0.15, -0.1) is 0 Å². The molecular weight excluding hydrogens is 250 g/mol. The van der Waals surface area contributed by atoms with Crippen molar-refractivity contribution in [1.29, 1.82) is 10.5 Å². The minimum absolute atomic E-state index is 0.123. The second-order valence-electron chi connectivity index (χ2n) is 5.43. The Balaban J connectivity index is 2.16. The third-order valence-corrected chi connectivity index (χ3v) is 3.61. The predicted molar refractivity (Wildman–Crippen MR) is 77.3 cm³/mol. The summed E-state index contributed by atoms with van der Waals surface area (Å²) in [5, 5.41) is 18.3. The summed E-state index contributed by atoms with van der Waals surface area (Å²) in [5.41, 5.74) is 0.232. The first-order valence-corrected chi connectivity index (χ1v) is 6.93. The van der Waals surface area contributed by atoms with E-state index in [0.29, 0.717) is 25.9 Å². The van der Waals surface area contributed by atoms with Crippen LogP contribution >= 0.6 is 0 Å². The Morgan fingerprint density at radius 1 is 1.15 bits per heavy atom. The zero-order valence-electron chi connectivity index (χ0n) is 12.0. The molecular formula is C16H19N3O. The molecule has 4 nitrogen and oxygen atoms in total. The van der Waals surface area contributed by atoms with Crippen LogP contribution in [-0.2, 0) is 0 Å². The number of piperidine rings is 1. The third-order valence-electron chi connectivity index (χ3n) is 3.61. The Hall–Kier alpha value is -2.20. The molecule has 1 aliphatic rings. The summed E-state index contributed by atoms with van der Waals surface area (Å²) < 4.78 is 5.83. The SMILES string of the molecule is CC(C)Oc1ccccc1N1CCC(C#N)(C#N)CC1. The van der Waals surface area contributed by atoms with E-state index in [2.05, 4.69) is 17.0 Å². The first-order chi connectivity index (χ1) is 9.60. The quantitative estimate of drug-likeness (QED) is 0.846. The fourth-order valence-electron chi connectivity index (χ4n) is 2.45. The van der Waals surface area contributed by atoms with E-state index in [1.807, 2.05) is 38.1 Å². The molecule has 1 aromatic rings. The molecule has 0 aliphatic carbocycles. The van der Waals surface area contributed by atoms with Crippen molar-refractivity contribution in [3.63, 3.8) is 0 Å². The van der Waals surface area contributed by atoms with E-state index in [-0.39, 0.29) is 6.10 Å². The maximum Gasteiger partial charge on any atom is 0.147 e. The Labute approximate surface area is 120 Å². The molecule has 0 unspecified atom stereocenters. The lowest BCUT2D eigenvalue weighted by Crippen LogP contribution is -2.39. The molecule has 2 rings (SSSR count). The molecule has 0 saturated carbocycles. The van der Waals surface area contributed by atoms with Gasteiger partial charge in [0, 0.05) is 13.1 Å². The molecule has 0 spiro atoms. The van der Waals surface area contributed by atoms with Crippen LogP contribution in [0.5, 0.6) is 5.75 Å². The fraction of sp³-hybridized carbons (Fsp3) is 0.500. The van der Waals surface area contributed by atoms with Gasteiger partial charge in [0.2, 0.25) is 0 Å². The number of rotatable bonds is 3. The number of ether oxygens (including phenoxy) is 1. The van der Waals surface area contributed by atoms with Crippen LogP contribution in [0.15, 0.2) is 24.3 Å². The molecule has 0 bridgehead atoms. The summed E-state index contributed by atoms with van der Waals surface area (Å²) in [5.74, 6) is 0.865. The van der Waals surface area contributed by atoms with Gasteiger partial charge in [0.1, 0.15) is 11.2 Å². The highest BCUT2D eigenvalue weighted by Crippen LogP contribution is 2.36. The lowest BCUT2D eigenvalue weighted by molar-refractivity contribution is 0.242. The third kappa shape index (κ3) is 2.86. The lowest BCUT2D eigenvalue weighted by Gasteiger charge is -2.35. The molecule has 104 valence electrons. The minimum atomic E-state index is -0.815. The van der Waals surface area contributed by atoms with Crippen molar-refractivity contribution in [2.75, 3.05) is 18.0 Å². The van der Waals surface area contributed by atoms with E-state index in [1.54, 1.807) is 0 Å². The number of hydrogen-bond acceptors (Lipinski definition) is 4. The zero-order valence-corrected chi connectivity index (χ0v) is 12.0. The van der Waals surface area contributed by atoms with Crippen molar-refractivity contribution in [1.82, 2.24) is 0 Å². The Morgan fingerprint density at radius 2 is 1.75 bits per heavy atom. The van der Waals surface area contributed by atoms with Gasteiger partial charge in [0.15, 0.2) is 0 Å². The molecule has 0 atom stereocenters. The predicted octanol–water partition coefficient (Wildman–Crippen LogP) is 3.11. The lowest BCUT2D eigenvalue weighted by atomic mass is 9.81. The monoisotopic (exact) mass is 269 g/mol. The van der Waals surface area contributed by atoms with E-state index in [0.717, 1.165) is 11.4 Å². The summed E-state index contributed by atoms with van der Waals surface area (Å²) >= 11 is 0. The smallest absolute Gasteiger partial charge is 0.147 e. The second-order valence-corrected chi connectivity index (χ2v) is 5.43. The molecule has 1 fully saturated rings. The van der Waals surface area contributed by atoms with Gasteiger partial charge in [-0.25, -0.2) is 0 Å². The van der Waals surface area contributed by atoms with Gasteiger partial charge < -0.3 is 9.64 Å². The van der Waals surface area contributed by atoms with Crippen molar-refractivity contribution < 1.29 is 4.74 Å². The average molecular weight is 269 g/mol. The number of nitriles is 2. The van der Waals surface area contributed by atoms with E-state index in [1.165, 1.54) is 0 Å². The molecule has 0 radical (unpaired) electrons. The van der Waals surface area contributed by atoms with E-state index < -0.39 is 5.41 Å². The molecule has 4 heteroatoms. The standard InChI is InChI=1S/C16H19N3O/c1-13(2)20-15-6-4-3-5-14(15)19-9-7-16(11-17,12-18)8-10-19/h3-6,13H,7-10H2,1-2H3. The van der Waals surface area contributed by atoms with Crippen LogP contribution in [0.4, 0.5) is 5.69 Å². The van der Waals surface area contributed by atoms with Crippen LogP contribution in [-0.4, -0.2) is 19.2 Å². The van der Waals surface area contributed by atoms with E-state index in [4.69, 9.17) is 15.3 Å². The summed E-state index contributed by atoms with van der Waals surface area (Å²) in [6, 6.07) is 12.3. The van der Waals surface area contributed by atoms with Gasteiger partial charge in [-0.3, -0.25) is 0 Å². The van der Waals surface area contributed by atoms with E-state index in [9.17, 15) is 0 Å². The number of nitrogens with zero attached hydrogens (tertiary/aromatic N) is 3. The Bertz CT molecular complexity index is 530. The van der Waals surface area contributed by atoms with Crippen molar-refractivity contribution >= 4 is 5.69 Å². The number of benzene rings is 1. The summed E-state index contributed by atoms with van der Waals surface area (Å²) in [6.07, 6.45) is 1.28. The van der Waals surface area contributed by atoms with Crippen LogP contribution in [0.2, 0.25) is 0 Å². The Kier molecular flexibility index (Phi) is 4.15. The molecule has 1 saturated heterocycles. The largest absolute Gasteiger partial charge is 0.489 e. The van der Waals surface area contributed by atoms with Crippen LogP contribution in [0.3, 0.4) is 0 Å². The van der Waals surface area contributed by atoms with Crippen molar-refractivity contribution in [2.24, 2.45) is 5.41 Å². The van der Waals surface area contributed by atoms with Crippen molar-refractivity contribution in [2.45, 2.75) is 32.8 Å². The molecule has 1 heterocycles. The summed E-state index contributed by atoms with van der Waals surface area (Å²) in [4.78, 5) is 2.20. The number of para-hydroxylation sites is 2. The maximum atomic E-state index is 9.16. The van der Waals surface area contributed by atoms with Gasteiger partial charge in [-0.05, 0) is 38.8 Å². The van der Waals surface area contributed by atoms with E-state index >= 15 is 0 Å². The fourth-order valence-corrected chi connectivity index (χ4v) is 2.45. The molecule has 0 aromatic heterocycles. The van der Waals surface area contributed by atoms with Crippen LogP contribution in [0.25, 0.3) is 0 Å². The highest BCUT2D eigenvalue weighted by Gasteiger charge is 2.35. The summed E-state index contributed by atoms with van der Waals surface area (Å²) in [7, 11) is 0. The van der Waals surface area contributed by atoms with Gasteiger partial charge in [-0.1, -0.05) is 12.1 Å². The minimum Gasteiger partial charge on any atom is -0.489 e. The van der Waals surface area contributed by atoms with Crippen molar-refractivity contribution in [3.05, 3.63) is 24.3 Å². The van der Waals surface area contributed by atoms with Crippen molar-refractivity contribution in [3.8, 4) is 17.9 Å². The topological polar surface area (TPSA) is 60.0 Å². The highest BCUT2D eigenvalue weighted by atomic mass is 16.5. The van der Waals surface area contributed by atoms with Gasteiger partial charge in [0.25, 0.3) is 0 Å². The maximum absolute atomic E-state index is 9.16. The second kappa shape index (κ2) is 5.84. The number of anilines is 1. The van der Waals surface area contributed by atoms with Gasteiger partial charge in [0.05, 0.1) is 23.9 Å². The molecule has 1 aliphatic heterocycles. The Morgan fingerprint density at radius 3 is 2.30 bits per heavy atom.